The number of aryl methyl sites for hydroxylation is 1. The summed E-state index contributed by atoms with van der Waals surface area (Å²) in [7, 11) is 0. The van der Waals surface area contributed by atoms with E-state index in [1.165, 1.54) is 5.56 Å². The Balaban J connectivity index is 1.37. The van der Waals surface area contributed by atoms with E-state index in [0.29, 0.717) is 5.82 Å². The van der Waals surface area contributed by atoms with Gasteiger partial charge >= 0.3 is 0 Å². The van der Waals surface area contributed by atoms with Crippen LogP contribution in [-0.2, 0) is 24.9 Å². The van der Waals surface area contributed by atoms with Crippen LogP contribution in [0.4, 0.5) is 0 Å². The van der Waals surface area contributed by atoms with Gasteiger partial charge < -0.3 is 4.98 Å². The smallest absolute Gasteiger partial charge is 0.254 e. The predicted molar refractivity (Wildman–Crippen MR) is 110 cm³/mol. The quantitative estimate of drug-likeness (QED) is 0.741. The maximum Gasteiger partial charge on any atom is 0.254 e. The molecule has 3 aromatic rings. The second-order valence-electron chi connectivity index (χ2n) is 8.24. The van der Waals surface area contributed by atoms with Crippen molar-refractivity contribution in [2.24, 2.45) is 0 Å². The maximum absolute atomic E-state index is 12.7. The van der Waals surface area contributed by atoms with Gasteiger partial charge in [0.25, 0.3) is 5.56 Å². The van der Waals surface area contributed by atoms with E-state index in [1.54, 1.807) is 12.4 Å². The van der Waals surface area contributed by atoms with Gasteiger partial charge in [-0.15, -0.1) is 0 Å². The van der Waals surface area contributed by atoms with Crippen molar-refractivity contribution < 1.29 is 0 Å². The van der Waals surface area contributed by atoms with E-state index in [1.807, 2.05) is 23.0 Å². The highest BCUT2D eigenvalue weighted by molar-refractivity contribution is 5.54. The van der Waals surface area contributed by atoms with E-state index < -0.39 is 0 Å². The first-order chi connectivity index (χ1) is 14.2. The SMILES string of the molecule is CCn1cc(CN2CCC3(CCc4c3nc(-c3cccnc3)[nH]c4=O)CC2)cn1. The van der Waals surface area contributed by atoms with Gasteiger partial charge in [-0.3, -0.25) is 19.4 Å². The van der Waals surface area contributed by atoms with Crippen LogP contribution in [-0.4, -0.2) is 42.7 Å². The molecule has 0 unspecified atom stereocenters. The first-order valence-corrected chi connectivity index (χ1v) is 10.4. The lowest BCUT2D eigenvalue weighted by Crippen LogP contribution is -2.41. The average molecular weight is 390 g/mol. The Morgan fingerprint density at radius 1 is 1.21 bits per heavy atom. The van der Waals surface area contributed by atoms with Crippen LogP contribution in [0.5, 0.6) is 0 Å². The first-order valence-electron chi connectivity index (χ1n) is 10.4. The second-order valence-corrected chi connectivity index (χ2v) is 8.24. The Morgan fingerprint density at radius 2 is 2.07 bits per heavy atom. The molecule has 0 aromatic carbocycles. The van der Waals surface area contributed by atoms with Crippen LogP contribution in [0.3, 0.4) is 0 Å². The van der Waals surface area contributed by atoms with Gasteiger partial charge in [0, 0.05) is 53.8 Å². The van der Waals surface area contributed by atoms with Crippen LogP contribution in [0, 0.1) is 0 Å². The van der Waals surface area contributed by atoms with Crippen molar-refractivity contribution >= 4 is 0 Å². The van der Waals surface area contributed by atoms with E-state index in [0.717, 1.165) is 68.7 Å². The lowest BCUT2D eigenvalue weighted by atomic mass is 9.76. The van der Waals surface area contributed by atoms with Gasteiger partial charge in [0.2, 0.25) is 0 Å². The lowest BCUT2D eigenvalue weighted by Gasteiger charge is -2.39. The molecule has 1 aliphatic heterocycles. The van der Waals surface area contributed by atoms with E-state index in [-0.39, 0.29) is 11.0 Å². The number of piperidine rings is 1. The third-order valence-electron chi connectivity index (χ3n) is 6.54. The fourth-order valence-corrected chi connectivity index (χ4v) is 4.84. The number of hydrogen-bond donors (Lipinski definition) is 1. The molecule has 150 valence electrons. The highest BCUT2D eigenvalue weighted by Crippen LogP contribution is 2.44. The Hall–Kier alpha value is -2.80. The summed E-state index contributed by atoms with van der Waals surface area (Å²) in [6.07, 6.45) is 11.5. The summed E-state index contributed by atoms with van der Waals surface area (Å²) < 4.78 is 1.98. The number of fused-ring (bicyclic) bond motifs is 2. The van der Waals surface area contributed by atoms with Crippen LogP contribution < -0.4 is 5.56 Å². The number of H-pyrrole nitrogens is 1. The molecule has 1 aliphatic carbocycles. The van der Waals surface area contributed by atoms with E-state index in [9.17, 15) is 4.79 Å². The highest BCUT2D eigenvalue weighted by Gasteiger charge is 2.44. The minimum Gasteiger partial charge on any atom is -0.306 e. The Kier molecular flexibility index (Phi) is 4.54. The van der Waals surface area contributed by atoms with Crippen LogP contribution in [0.2, 0.25) is 0 Å². The number of pyridine rings is 1. The molecule has 7 heteroatoms. The molecule has 0 atom stereocenters. The summed E-state index contributed by atoms with van der Waals surface area (Å²) >= 11 is 0. The Labute approximate surface area is 169 Å². The summed E-state index contributed by atoms with van der Waals surface area (Å²) in [4.78, 5) is 27.3. The highest BCUT2D eigenvalue weighted by atomic mass is 16.1. The van der Waals surface area contributed by atoms with E-state index in [4.69, 9.17) is 4.98 Å². The van der Waals surface area contributed by atoms with Gasteiger partial charge in [-0.25, -0.2) is 4.98 Å². The number of hydrogen-bond acceptors (Lipinski definition) is 5. The normalized spacial score (nSPS) is 18.2. The average Bonchev–Trinajstić information content (AvgIpc) is 3.36. The van der Waals surface area contributed by atoms with Gasteiger partial charge in [-0.1, -0.05) is 0 Å². The van der Waals surface area contributed by atoms with Crippen molar-refractivity contribution in [1.82, 2.24) is 29.6 Å². The third-order valence-corrected chi connectivity index (χ3v) is 6.54. The van der Waals surface area contributed by atoms with Gasteiger partial charge in [0.05, 0.1) is 11.9 Å². The largest absolute Gasteiger partial charge is 0.306 e. The number of nitrogens with one attached hydrogen (secondary N) is 1. The summed E-state index contributed by atoms with van der Waals surface area (Å²) in [6.45, 7) is 5.99. The predicted octanol–water partition coefficient (Wildman–Crippen LogP) is 2.53. The van der Waals surface area contributed by atoms with Crippen molar-refractivity contribution in [3.63, 3.8) is 0 Å². The maximum atomic E-state index is 12.7. The molecule has 5 rings (SSSR count). The first kappa shape index (κ1) is 18.2. The molecule has 2 aliphatic rings. The molecule has 1 N–H and O–H groups in total. The number of nitrogens with zero attached hydrogens (tertiary/aromatic N) is 5. The molecule has 0 saturated carbocycles. The second kappa shape index (κ2) is 7.22. The van der Waals surface area contributed by atoms with Crippen LogP contribution in [0.15, 0.2) is 41.7 Å². The number of aromatic amines is 1. The number of aromatic nitrogens is 5. The van der Waals surface area contributed by atoms with Crippen LogP contribution in [0.25, 0.3) is 11.4 Å². The molecule has 1 spiro atoms. The molecule has 1 saturated heterocycles. The Bertz CT molecular complexity index is 1060. The van der Waals surface area contributed by atoms with Crippen molar-refractivity contribution in [2.45, 2.75) is 51.1 Å². The fraction of sp³-hybridized carbons (Fsp3) is 0.455. The number of rotatable bonds is 4. The molecule has 1 fully saturated rings. The van der Waals surface area contributed by atoms with Crippen LogP contribution >= 0.6 is 0 Å². The topological polar surface area (TPSA) is 79.7 Å². The molecule has 3 aromatic heterocycles. The van der Waals surface area contributed by atoms with Gasteiger partial charge in [-0.2, -0.15) is 5.10 Å². The zero-order valence-corrected chi connectivity index (χ0v) is 16.8. The van der Waals surface area contributed by atoms with Crippen LogP contribution in [0.1, 0.15) is 43.0 Å². The zero-order chi connectivity index (χ0) is 19.8. The summed E-state index contributed by atoms with van der Waals surface area (Å²) in [6, 6.07) is 3.82. The fourth-order valence-electron chi connectivity index (χ4n) is 4.84. The lowest BCUT2D eigenvalue weighted by molar-refractivity contribution is 0.150. The van der Waals surface area contributed by atoms with Crippen molar-refractivity contribution in [3.8, 4) is 11.4 Å². The van der Waals surface area contributed by atoms with Crippen molar-refractivity contribution in [1.29, 1.82) is 0 Å². The Morgan fingerprint density at radius 3 is 2.79 bits per heavy atom. The monoisotopic (exact) mass is 390 g/mol. The van der Waals surface area contributed by atoms with Crippen molar-refractivity contribution in [2.75, 3.05) is 13.1 Å². The molecule has 29 heavy (non-hydrogen) atoms. The third kappa shape index (κ3) is 3.29. The molecule has 0 radical (unpaired) electrons. The molecular formula is C22H26N6O. The molecule has 4 heterocycles. The zero-order valence-electron chi connectivity index (χ0n) is 16.8. The number of likely N-dealkylation sites (tertiary alicyclic amines) is 1. The van der Waals surface area contributed by atoms with Crippen molar-refractivity contribution in [3.05, 3.63) is 64.1 Å². The van der Waals surface area contributed by atoms with E-state index >= 15 is 0 Å². The summed E-state index contributed by atoms with van der Waals surface area (Å²) in [5, 5.41) is 4.39. The van der Waals surface area contributed by atoms with E-state index in [2.05, 4.69) is 33.1 Å². The van der Waals surface area contributed by atoms with Gasteiger partial charge in [0.1, 0.15) is 5.82 Å². The minimum atomic E-state index is 0.0140. The minimum absolute atomic E-state index is 0.0140. The van der Waals surface area contributed by atoms with Gasteiger partial charge in [0.15, 0.2) is 0 Å². The molecular weight excluding hydrogens is 364 g/mol. The standard InChI is InChI=1S/C22H26N6O/c1-2-28-15-16(12-24-28)14-27-10-7-22(8-11-27)6-5-18-19(22)25-20(26-21(18)29)17-4-3-9-23-13-17/h3-4,9,12-13,15H,2,5-8,10-11,14H2,1H3,(H,25,26,29). The molecule has 7 nitrogen and oxygen atoms in total. The van der Waals surface area contributed by atoms with Gasteiger partial charge in [-0.05, 0) is 57.8 Å². The summed E-state index contributed by atoms with van der Waals surface area (Å²) in [5.74, 6) is 0.637. The molecule has 0 amide bonds. The molecule has 0 bridgehead atoms. The summed E-state index contributed by atoms with van der Waals surface area (Å²) in [5.41, 5.74) is 4.09.